The Kier molecular flexibility index (Phi) is 3.64. The molecule has 0 spiro atoms. The quantitative estimate of drug-likeness (QED) is 0.864. The van der Waals surface area contributed by atoms with E-state index in [1.807, 2.05) is 13.8 Å². The molecular formula is C15H23NO2. The van der Waals surface area contributed by atoms with Gasteiger partial charge >= 0.3 is 0 Å². The van der Waals surface area contributed by atoms with Gasteiger partial charge in [-0.25, -0.2) is 0 Å². The lowest BCUT2D eigenvalue weighted by Gasteiger charge is -2.41. The van der Waals surface area contributed by atoms with Crippen LogP contribution in [0.3, 0.4) is 0 Å². The van der Waals surface area contributed by atoms with Crippen molar-refractivity contribution in [3.8, 4) is 0 Å². The van der Waals surface area contributed by atoms with Crippen molar-refractivity contribution in [3.05, 3.63) is 29.3 Å². The van der Waals surface area contributed by atoms with Crippen LogP contribution in [0.5, 0.6) is 0 Å². The topological polar surface area (TPSA) is 41.5 Å². The van der Waals surface area contributed by atoms with Crippen molar-refractivity contribution in [3.63, 3.8) is 0 Å². The molecule has 2 atom stereocenters. The van der Waals surface area contributed by atoms with E-state index >= 15 is 0 Å². The molecule has 0 aliphatic carbocycles. The van der Waals surface area contributed by atoms with Crippen molar-refractivity contribution in [2.45, 2.75) is 51.4 Å². The van der Waals surface area contributed by atoms with E-state index in [1.54, 1.807) is 7.11 Å². The summed E-state index contributed by atoms with van der Waals surface area (Å²) < 4.78 is 5.51. The van der Waals surface area contributed by atoms with Crippen LogP contribution >= 0.6 is 0 Å². The Balaban J connectivity index is 2.37. The molecule has 100 valence electrons. The molecule has 1 aliphatic rings. The maximum Gasteiger partial charge on any atom is 0.0848 e. The number of ether oxygens (including phenoxy) is 1. The molecule has 1 aliphatic heterocycles. The highest BCUT2D eigenvalue weighted by atomic mass is 16.5. The van der Waals surface area contributed by atoms with Crippen LogP contribution < -0.4 is 5.32 Å². The number of para-hydroxylation sites is 1. The summed E-state index contributed by atoms with van der Waals surface area (Å²) >= 11 is 0. The minimum Gasteiger partial charge on any atom is -0.391 e. The summed E-state index contributed by atoms with van der Waals surface area (Å²) in [6.45, 7) is 6.17. The average molecular weight is 249 g/mol. The van der Waals surface area contributed by atoms with E-state index in [0.29, 0.717) is 6.42 Å². The van der Waals surface area contributed by atoms with Crippen molar-refractivity contribution in [1.29, 1.82) is 0 Å². The van der Waals surface area contributed by atoms with Crippen molar-refractivity contribution >= 4 is 5.69 Å². The molecule has 1 aromatic rings. The fourth-order valence-electron chi connectivity index (χ4n) is 2.66. The largest absolute Gasteiger partial charge is 0.391 e. The zero-order valence-corrected chi connectivity index (χ0v) is 11.7. The number of fused-ring (bicyclic) bond motifs is 1. The van der Waals surface area contributed by atoms with Crippen LogP contribution in [0, 0.1) is 0 Å². The lowest BCUT2D eigenvalue weighted by Crippen LogP contribution is -2.54. The molecule has 2 rings (SSSR count). The van der Waals surface area contributed by atoms with Crippen LogP contribution in [-0.2, 0) is 17.6 Å². The lowest BCUT2D eigenvalue weighted by atomic mass is 9.84. The molecule has 3 nitrogen and oxygen atoms in total. The van der Waals surface area contributed by atoms with Gasteiger partial charge in [-0.3, -0.25) is 0 Å². The van der Waals surface area contributed by atoms with Gasteiger partial charge in [0.05, 0.1) is 17.7 Å². The molecule has 18 heavy (non-hydrogen) atoms. The normalized spacial score (nSPS) is 23.4. The molecule has 0 saturated heterocycles. The first-order chi connectivity index (χ1) is 8.49. The summed E-state index contributed by atoms with van der Waals surface area (Å²) in [5.74, 6) is 0. The second kappa shape index (κ2) is 4.90. The predicted molar refractivity (Wildman–Crippen MR) is 74.0 cm³/mol. The molecule has 1 heterocycles. The highest BCUT2D eigenvalue weighted by molar-refractivity contribution is 5.61. The summed E-state index contributed by atoms with van der Waals surface area (Å²) in [6.07, 6.45) is 1.26. The molecule has 0 bridgehead atoms. The number of hydrogen-bond acceptors (Lipinski definition) is 3. The first-order valence-electron chi connectivity index (χ1n) is 6.60. The fourth-order valence-corrected chi connectivity index (χ4v) is 2.66. The summed E-state index contributed by atoms with van der Waals surface area (Å²) in [5, 5.41) is 13.8. The number of methoxy groups -OCH3 is 1. The molecule has 0 fully saturated rings. The first kappa shape index (κ1) is 13.4. The minimum atomic E-state index is -0.417. The van der Waals surface area contributed by atoms with E-state index in [1.165, 1.54) is 16.8 Å². The second-order valence-electron chi connectivity index (χ2n) is 5.51. The second-order valence-corrected chi connectivity index (χ2v) is 5.51. The van der Waals surface area contributed by atoms with E-state index in [9.17, 15) is 5.11 Å². The van der Waals surface area contributed by atoms with Crippen LogP contribution in [0.1, 0.15) is 31.9 Å². The maximum atomic E-state index is 10.3. The first-order valence-corrected chi connectivity index (χ1v) is 6.60. The minimum absolute atomic E-state index is 0.0808. The number of aryl methyl sites for hydroxylation is 1. The number of nitrogens with one attached hydrogen (secondary N) is 1. The molecule has 0 aromatic heterocycles. The van der Waals surface area contributed by atoms with Gasteiger partial charge in [-0.15, -0.1) is 0 Å². The molecule has 0 saturated carbocycles. The van der Waals surface area contributed by atoms with E-state index in [2.05, 4.69) is 30.4 Å². The van der Waals surface area contributed by atoms with Gasteiger partial charge < -0.3 is 15.2 Å². The Bertz CT molecular complexity index is 429. The lowest BCUT2D eigenvalue weighted by molar-refractivity contribution is -0.0328. The van der Waals surface area contributed by atoms with Crippen molar-refractivity contribution in [2.75, 3.05) is 12.4 Å². The monoisotopic (exact) mass is 249 g/mol. The number of benzene rings is 1. The van der Waals surface area contributed by atoms with Crippen LogP contribution in [-0.4, -0.2) is 30.0 Å². The molecule has 0 radical (unpaired) electrons. The Labute approximate surface area is 109 Å². The summed E-state index contributed by atoms with van der Waals surface area (Å²) in [5.41, 5.74) is 3.29. The number of aliphatic hydroxyl groups excluding tert-OH is 1. The maximum absolute atomic E-state index is 10.3. The number of rotatable bonds is 3. The smallest absolute Gasteiger partial charge is 0.0848 e. The number of aliphatic hydroxyl groups is 1. The Hall–Kier alpha value is -1.06. The van der Waals surface area contributed by atoms with Crippen LogP contribution in [0.15, 0.2) is 18.2 Å². The fraction of sp³-hybridized carbons (Fsp3) is 0.600. The standard InChI is InChI=1S/C15H23NO2/c1-5-10-7-6-8-11-9-12(17)14(16-13(10)11)15(2,3)18-4/h6-8,12,14,16-17H,5,9H2,1-4H3. The summed E-state index contributed by atoms with van der Waals surface area (Å²) in [4.78, 5) is 0. The van der Waals surface area contributed by atoms with Crippen LogP contribution in [0.25, 0.3) is 0 Å². The van der Waals surface area contributed by atoms with Gasteiger partial charge in [-0.2, -0.15) is 0 Å². The Morgan fingerprint density at radius 3 is 2.78 bits per heavy atom. The third-order valence-electron chi connectivity index (χ3n) is 4.01. The van der Waals surface area contributed by atoms with E-state index < -0.39 is 11.7 Å². The zero-order chi connectivity index (χ0) is 13.3. The molecular weight excluding hydrogens is 226 g/mol. The summed E-state index contributed by atoms with van der Waals surface area (Å²) in [6, 6.07) is 6.21. The highest BCUT2D eigenvalue weighted by Gasteiger charge is 2.38. The van der Waals surface area contributed by atoms with Gasteiger partial charge in [0.2, 0.25) is 0 Å². The van der Waals surface area contributed by atoms with Gasteiger partial charge in [0.25, 0.3) is 0 Å². The molecule has 1 aromatic carbocycles. The third-order valence-corrected chi connectivity index (χ3v) is 4.01. The molecule has 2 N–H and O–H groups in total. The zero-order valence-electron chi connectivity index (χ0n) is 11.7. The van der Waals surface area contributed by atoms with Gasteiger partial charge in [-0.1, -0.05) is 25.1 Å². The average Bonchev–Trinajstić information content (AvgIpc) is 2.36. The number of hydrogen-bond donors (Lipinski definition) is 2. The highest BCUT2D eigenvalue weighted by Crippen LogP contribution is 2.33. The van der Waals surface area contributed by atoms with Crippen molar-refractivity contribution in [2.24, 2.45) is 0 Å². The molecule has 2 unspecified atom stereocenters. The molecule has 3 heteroatoms. The Morgan fingerprint density at radius 1 is 1.44 bits per heavy atom. The van der Waals surface area contributed by atoms with Crippen molar-refractivity contribution in [1.82, 2.24) is 0 Å². The Morgan fingerprint density at radius 2 is 2.17 bits per heavy atom. The summed E-state index contributed by atoms with van der Waals surface area (Å²) in [7, 11) is 1.69. The SMILES string of the molecule is CCc1cccc2c1NC(C(C)(C)OC)C(O)C2. The van der Waals surface area contributed by atoms with Gasteiger partial charge in [0.15, 0.2) is 0 Å². The van der Waals surface area contributed by atoms with Crippen molar-refractivity contribution < 1.29 is 9.84 Å². The van der Waals surface area contributed by atoms with E-state index in [-0.39, 0.29) is 6.04 Å². The van der Waals surface area contributed by atoms with Gasteiger partial charge in [0.1, 0.15) is 0 Å². The third kappa shape index (κ3) is 2.25. The predicted octanol–water partition coefficient (Wildman–Crippen LogP) is 2.37. The van der Waals surface area contributed by atoms with E-state index in [4.69, 9.17) is 4.74 Å². The van der Waals surface area contributed by atoms with Gasteiger partial charge in [-0.05, 0) is 31.4 Å². The van der Waals surface area contributed by atoms with Crippen LogP contribution in [0.2, 0.25) is 0 Å². The molecule has 0 amide bonds. The van der Waals surface area contributed by atoms with E-state index in [0.717, 1.165) is 6.42 Å². The number of anilines is 1. The van der Waals surface area contributed by atoms with Crippen LogP contribution in [0.4, 0.5) is 5.69 Å². The van der Waals surface area contributed by atoms with Gasteiger partial charge in [0, 0.05) is 19.2 Å².